The van der Waals surface area contributed by atoms with Gasteiger partial charge in [0.25, 0.3) is 5.91 Å². The van der Waals surface area contributed by atoms with E-state index in [1.54, 1.807) is 12.1 Å². The second-order valence-corrected chi connectivity index (χ2v) is 10.7. The van der Waals surface area contributed by atoms with Crippen LogP contribution in [0.25, 0.3) is 0 Å². The lowest BCUT2D eigenvalue weighted by atomic mass is 10.1. The summed E-state index contributed by atoms with van der Waals surface area (Å²) in [5.74, 6) is -1.15. The van der Waals surface area contributed by atoms with E-state index in [9.17, 15) is 23.1 Å². The van der Waals surface area contributed by atoms with Crippen LogP contribution in [0, 0.1) is 0 Å². The molecule has 3 rings (SSSR count). The normalized spacial score (nSPS) is 19.3. The molecule has 0 aliphatic carbocycles. The minimum absolute atomic E-state index is 0.102. The van der Waals surface area contributed by atoms with Crippen molar-refractivity contribution in [2.75, 3.05) is 36.8 Å². The smallest absolute Gasteiger partial charge is 0.323 e. The largest absolute Gasteiger partial charge is 0.480 e. The number of nitrogens with one attached hydrogen (secondary N) is 4. The summed E-state index contributed by atoms with van der Waals surface area (Å²) in [5.41, 5.74) is 1.34. The number of piperidine rings is 1. The maximum absolute atomic E-state index is 12.6. The fraction of sp³-hybridized carbons (Fsp3) is 0.609. The van der Waals surface area contributed by atoms with E-state index in [2.05, 4.69) is 30.6 Å². The highest BCUT2D eigenvalue weighted by Crippen LogP contribution is 2.24. The Kier molecular flexibility index (Phi) is 9.73. The predicted octanol–water partition coefficient (Wildman–Crippen LogP) is 0.844. The molecule has 1 fully saturated rings. The van der Waals surface area contributed by atoms with Crippen LogP contribution in [0.15, 0.2) is 29.3 Å². The summed E-state index contributed by atoms with van der Waals surface area (Å²) in [7, 11) is -3.74. The summed E-state index contributed by atoms with van der Waals surface area (Å²) in [5, 5.41) is 18.7. The summed E-state index contributed by atoms with van der Waals surface area (Å²) in [4.78, 5) is 30.8. The number of nitrogens with zero attached hydrogens (tertiary/aromatic N) is 2. The van der Waals surface area contributed by atoms with Crippen LogP contribution in [0.2, 0.25) is 0 Å². The van der Waals surface area contributed by atoms with Gasteiger partial charge in [-0.1, -0.05) is 13.3 Å². The number of carbonyl (C=O) groups excluding carboxylic acids is 1. The first-order chi connectivity index (χ1) is 16.8. The number of hydrogen-bond acceptors (Lipinski definition) is 8. The number of rotatable bonds is 11. The number of carbonyl (C=O) groups is 2. The van der Waals surface area contributed by atoms with Crippen molar-refractivity contribution < 1.29 is 23.1 Å². The van der Waals surface area contributed by atoms with Gasteiger partial charge in [0.05, 0.1) is 5.75 Å². The highest BCUT2D eigenvalue weighted by atomic mass is 32.2. The molecule has 2 atom stereocenters. The first-order valence-corrected chi connectivity index (χ1v) is 13.9. The Hall–Kier alpha value is -2.86. The third-order valence-electron chi connectivity index (χ3n) is 6.02. The molecule has 5 N–H and O–H groups in total. The molecule has 2 aliphatic heterocycles. The zero-order valence-corrected chi connectivity index (χ0v) is 20.9. The van der Waals surface area contributed by atoms with Gasteiger partial charge in [-0.05, 0) is 56.4 Å². The van der Waals surface area contributed by atoms with Crippen molar-refractivity contribution in [1.29, 1.82) is 0 Å². The second kappa shape index (κ2) is 12.7. The summed E-state index contributed by atoms with van der Waals surface area (Å²) >= 11 is 0. The molecule has 0 radical (unpaired) electrons. The molecule has 194 valence electrons. The Labute approximate surface area is 206 Å². The van der Waals surface area contributed by atoms with Crippen molar-refractivity contribution >= 4 is 33.5 Å². The molecule has 1 saturated heterocycles. The van der Waals surface area contributed by atoms with Crippen molar-refractivity contribution in [2.24, 2.45) is 4.99 Å². The summed E-state index contributed by atoms with van der Waals surface area (Å²) in [6, 6.07) is 5.68. The molecule has 1 amide bonds. The average molecular weight is 509 g/mol. The molecule has 1 unspecified atom stereocenters. The average Bonchev–Trinajstić information content (AvgIpc) is 2.86. The van der Waals surface area contributed by atoms with Gasteiger partial charge in [0.15, 0.2) is 5.96 Å². The van der Waals surface area contributed by atoms with Crippen LogP contribution in [0.4, 0.5) is 5.69 Å². The Morgan fingerprint density at radius 2 is 2.00 bits per heavy atom. The maximum atomic E-state index is 12.6. The number of anilines is 1. The first-order valence-electron chi connectivity index (χ1n) is 12.2. The van der Waals surface area contributed by atoms with Crippen LogP contribution in [-0.4, -0.2) is 75.5 Å². The van der Waals surface area contributed by atoms with Gasteiger partial charge in [-0.15, -0.1) is 0 Å². The number of carboxylic acids is 1. The summed E-state index contributed by atoms with van der Waals surface area (Å²) in [6.07, 6.45) is 5.41. The van der Waals surface area contributed by atoms with E-state index in [1.807, 2.05) is 19.1 Å². The number of benzene rings is 1. The highest BCUT2D eigenvalue weighted by molar-refractivity contribution is 7.89. The fourth-order valence-electron chi connectivity index (χ4n) is 4.07. The Morgan fingerprint density at radius 3 is 2.66 bits per heavy atom. The molecule has 0 aromatic heterocycles. The maximum Gasteiger partial charge on any atom is 0.323 e. The van der Waals surface area contributed by atoms with E-state index < -0.39 is 27.9 Å². The molecule has 12 heteroatoms. The third-order valence-corrected chi connectivity index (χ3v) is 7.49. The van der Waals surface area contributed by atoms with E-state index in [4.69, 9.17) is 0 Å². The zero-order valence-electron chi connectivity index (χ0n) is 20.1. The van der Waals surface area contributed by atoms with Gasteiger partial charge >= 0.3 is 5.97 Å². The monoisotopic (exact) mass is 508 g/mol. The minimum atomic E-state index is -3.74. The van der Waals surface area contributed by atoms with E-state index in [1.165, 1.54) is 0 Å². The molecular formula is C23H36N6O5S. The van der Waals surface area contributed by atoms with Gasteiger partial charge in [-0.2, -0.15) is 4.72 Å². The molecular weight excluding hydrogens is 472 g/mol. The van der Waals surface area contributed by atoms with Crippen molar-refractivity contribution in [1.82, 2.24) is 20.7 Å². The van der Waals surface area contributed by atoms with Crippen LogP contribution >= 0.6 is 0 Å². The molecule has 2 heterocycles. The number of carboxylic acid groups (broad SMARTS) is 1. The van der Waals surface area contributed by atoms with E-state index in [-0.39, 0.29) is 18.5 Å². The lowest BCUT2D eigenvalue weighted by Crippen LogP contribution is -2.55. The second-order valence-electron chi connectivity index (χ2n) is 8.80. The van der Waals surface area contributed by atoms with Crippen LogP contribution in [-0.2, 0) is 14.8 Å². The van der Waals surface area contributed by atoms with Crippen molar-refractivity contribution in [3.63, 3.8) is 0 Å². The minimum Gasteiger partial charge on any atom is -0.480 e. The number of hydrogen-bond donors (Lipinski definition) is 5. The quantitative estimate of drug-likeness (QED) is 0.295. The van der Waals surface area contributed by atoms with Gasteiger partial charge in [-0.25, -0.2) is 8.42 Å². The zero-order chi connectivity index (χ0) is 25.3. The van der Waals surface area contributed by atoms with Crippen molar-refractivity contribution in [3.8, 4) is 0 Å². The number of sulfonamides is 1. The van der Waals surface area contributed by atoms with Gasteiger partial charge in [-0.3, -0.25) is 14.6 Å². The number of guanidine groups is 1. The van der Waals surface area contributed by atoms with Crippen molar-refractivity contribution in [3.05, 3.63) is 29.8 Å². The number of aliphatic carboxylic acids is 1. The lowest BCUT2D eigenvalue weighted by Gasteiger charge is -2.39. The Bertz CT molecular complexity index is 998. The first kappa shape index (κ1) is 26.7. The van der Waals surface area contributed by atoms with Crippen LogP contribution in [0.3, 0.4) is 0 Å². The van der Waals surface area contributed by atoms with Crippen LogP contribution in [0.5, 0.6) is 0 Å². The van der Waals surface area contributed by atoms with Gasteiger partial charge in [0.2, 0.25) is 10.0 Å². The standard InChI is InChI=1S/C23H36N6O5S/c1-2-3-15-35(33,34)28-19(22(31)32)16-26-21(30)17-8-10-18(11-9-17)29-14-5-4-7-20(29)27-23-24-12-6-13-25-23/h8-11,19-20,28H,2-7,12-16H2,1H3,(H,26,30)(H,31,32)(H2,24,25,27)/t19-,20?/m0/s1. The van der Waals surface area contributed by atoms with Crippen LogP contribution < -0.4 is 25.6 Å². The van der Waals surface area contributed by atoms with E-state index >= 15 is 0 Å². The molecule has 11 nitrogen and oxygen atoms in total. The molecule has 0 bridgehead atoms. The SMILES string of the molecule is CCCCS(=O)(=O)N[C@@H](CNC(=O)c1ccc(N2CCCCC2NC2=NCCCN2)cc1)C(=O)O. The fourth-order valence-corrected chi connectivity index (χ4v) is 5.47. The topological polar surface area (TPSA) is 152 Å². The summed E-state index contributed by atoms with van der Waals surface area (Å²) in [6.45, 7) is 4.10. The molecule has 1 aromatic carbocycles. The van der Waals surface area contributed by atoms with Gasteiger partial charge in [0.1, 0.15) is 12.2 Å². The third kappa shape index (κ3) is 8.10. The lowest BCUT2D eigenvalue weighted by molar-refractivity contribution is -0.138. The number of aliphatic imine (C=N–C) groups is 1. The summed E-state index contributed by atoms with van der Waals surface area (Å²) < 4.78 is 26.3. The van der Waals surface area contributed by atoms with Gasteiger partial charge < -0.3 is 26.0 Å². The van der Waals surface area contributed by atoms with E-state index in [0.717, 1.165) is 57.0 Å². The van der Waals surface area contributed by atoms with Crippen LogP contribution in [0.1, 0.15) is 55.8 Å². The molecule has 2 aliphatic rings. The van der Waals surface area contributed by atoms with Crippen molar-refractivity contribution in [2.45, 2.75) is 57.7 Å². The molecule has 0 saturated carbocycles. The number of unbranched alkanes of at least 4 members (excludes halogenated alkanes) is 1. The number of amides is 1. The Balaban J connectivity index is 1.59. The molecule has 35 heavy (non-hydrogen) atoms. The van der Waals surface area contributed by atoms with E-state index in [0.29, 0.717) is 18.4 Å². The predicted molar refractivity (Wildman–Crippen MR) is 135 cm³/mol. The van der Waals surface area contributed by atoms with Gasteiger partial charge in [0, 0.05) is 37.4 Å². The highest BCUT2D eigenvalue weighted by Gasteiger charge is 2.26. The Morgan fingerprint density at radius 1 is 1.23 bits per heavy atom. The molecule has 1 aromatic rings. The molecule has 0 spiro atoms.